The molecular weight excluding hydrogens is 412 g/mol. The van der Waals surface area contributed by atoms with Gasteiger partial charge in [0.25, 0.3) is 0 Å². The molecule has 0 aliphatic heterocycles. The Morgan fingerprint density at radius 1 is 1.34 bits per heavy atom. The number of ether oxygens (including phenoxy) is 1. The third-order valence-electron chi connectivity index (χ3n) is 5.14. The summed E-state index contributed by atoms with van der Waals surface area (Å²) in [7, 11) is 1.28. The van der Waals surface area contributed by atoms with E-state index in [-0.39, 0.29) is 6.04 Å². The van der Waals surface area contributed by atoms with E-state index in [0.29, 0.717) is 42.5 Å². The van der Waals surface area contributed by atoms with Crippen molar-refractivity contribution in [3.05, 3.63) is 31.0 Å². The molecule has 11 heteroatoms. The van der Waals surface area contributed by atoms with Crippen LogP contribution in [0.3, 0.4) is 0 Å². The predicted molar refractivity (Wildman–Crippen MR) is 116 cm³/mol. The van der Waals surface area contributed by atoms with Crippen molar-refractivity contribution in [2.24, 2.45) is 5.73 Å². The van der Waals surface area contributed by atoms with Gasteiger partial charge in [-0.15, -0.1) is 0 Å². The molecule has 0 saturated carbocycles. The highest BCUT2D eigenvalue weighted by Gasteiger charge is 2.23. The number of unbranched alkanes of at least 4 members (excludes halogenated alkanes) is 1. The van der Waals surface area contributed by atoms with Crippen LogP contribution in [0.1, 0.15) is 38.6 Å². The second-order valence-corrected chi connectivity index (χ2v) is 7.38. The summed E-state index contributed by atoms with van der Waals surface area (Å²) < 4.78 is 7.86. The van der Waals surface area contributed by atoms with Gasteiger partial charge in [-0.1, -0.05) is 0 Å². The lowest BCUT2D eigenvalue weighted by Gasteiger charge is -2.16. The maximum absolute atomic E-state index is 12.9. The van der Waals surface area contributed by atoms with Crippen molar-refractivity contribution < 1.29 is 14.3 Å². The maximum atomic E-state index is 12.9. The number of esters is 1. The second kappa shape index (κ2) is 10.5. The number of methoxy groups -OCH3 is 1. The summed E-state index contributed by atoms with van der Waals surface area (Å²) in [5.41, 5.74) is 7.28. The minimum Gasteiger partial charge on any atom is -0.467 e. The number of carbonyl (C=O) groups is 2. The summed E-state index contributed by atoms with van der Waals surface area (Å²) in [6.07, 6.45) is 8.62. The Morgan fingerprint density at radius 2 is 2.16 bits per heavy atom. The summed E-state index contributed by atoms with van der Waals surface area (Å²) in [4.78, 5) is 33.6. The van der Waals surface area contributed by atoms with Crippen molar-refractivity contribution in [2.75, 3.05) is 13.7 Å². The Morgan fingerprint density at radius 3 is 2.88 bits per heavy atom. The smallest absolute Gasteiger partial charge is 0.328 e. The number of nitrogens with two attached hydrogens (primary N) is 1. The minimum atomic E-state index is -0.780. The van der Waals surface area contributed by atoms with E-state index in [9.17, 15) is 9.59 Å². The number of hydrogen-bond donors (Lipinski definition) is 2. The van der Waals surface area contributed by atoms with E-state index in [0.717, 1.165) is 12.0 Å². The van der Waals surface area contributed by atoms with Crippen LogP contribution in [0, 0.1) is 11.3 Å². The highest BCUT2D eigenvalue weighted by atomic mass is 16.5. The molecule has 3 N–H and O–H groups in total. The fraction of sp³-hybridized carbons (Fsp3) is 0.429. The highest BCUT2D eigenvalue weighted by molar-refractivity contribution is 5.97. The van der Waals surface area contributed by atoms with Crippen molar-refractivity contribution in [1.82, 2.24) is 29.6 Å². The SMILES string of the molecule is COC(=O)[C@H](CCCCN)NC(=O)n1ccc2c(-c3cnn([C@@H](C)CC#N)c3)ncnc21. The second-order valence-electron chi connectivity index (χ2n) is 7.38. The Balaban J connectivity index is 1.86. The van der Waals surface area contributed by atoms with Gasteiger partial charge in [-0.25, -0.2) is 19.6 Å². The highest BCUT2D eigenvalue weighted by Crippen LogP contribution is 2.26. The first-order valence-corrected chi connectivity index (χ1v) is 10.3. The van der Waals surface area contributed by atoms with Crippen LogP contribution in [0.25, 0.3) is 22.3 Å². The average molecular weight is 438 g/mol. The van der Waals surface area contributed by atoms with E-state index < -0.39 is 18.0 Å². The molecule has 0 fully saturated rings. The van der Waals surface area contributed by atoms with Crippen molar-refractivity contribution >= 4 is 23.0 Å². The van der Waals surface area contributed by atoms with Crippen LogP contribution >= 0.6 is 0 Å². The molecule has 0 spiro atoms. The van der Waals surface area contributed by atoms with Crippen LogP contribution in [0.2, 0.25) is 0 Å². The zero-order valence-electron chi connectivity index (χ0n) is 18.1. The lowest BCUT2D eigenvalue weighted by atomic mass is 10.1. The van der Waals surface area contributed by atoms with Gasteiger partial charge in [0.05, 0.1) is 37.5 Å². The predicted octanol–water partition coefficient (Wildman–Crippen LogP) is 2.00. The van der Waals surface area contributed by atoms with Crippen molar-refractivity contribution in [2.45, 2.75) is 44.7 Å². The van der Waals surface area contributed by atoms with Gasteiger partial charge in [-0.3, -0.25) is 9.25 Å². The summed E-state index contributed by atoms with van der Waals surface area (Å²) in [5.74, 6) is -0.513. The van der Waals surface area contributed by atoms with E-state index in [1.807, 2.05) is 13.1 Å². The Labute approximate surface area is 185 Å². The van der Waals surface area contributed by atoms with Crippen molar-refractivity contribution in [1.29, 1.82) is 5.26 Å². The molecular formula is C21H26N8O3. The number of fused-ring (bicyclic) bond motifs is 1. The number of hydrogen-bond acceptors (Lipinski definition) is 8. The van der Waals surface area contributed by atoms with Crippen LogP contribution in [-0.4, -0.2) is 56.0 Å². The van der Waals surface area contributed by atoms with Crippen molar-refractivity contribution in [3.8, 4) is 17.3 Å². The van der Waals surface area contributed by atoms with Gasteiger partial charge in [-0.05, 0) is 38.8 Å². The number of nitriles is 1. The zero-order chi connectivity index (χ0) is 23.1. The van der Waals surface area contributed by atoms with Crippen LogP contribution in [0.15, 0.2) is 31.0 Å². The lowest BCUT2D eigenvalue weighted by Crippen LogP contribution is -2.43. The number of nitrogens with one attached hydrogen (secondary N) is 1. The van der Waals surface area contributed by atoms with Gasteiger partial charge in [0, 0.05) is 23.3 Å². The normalized spacial score (nSPS) is 12.8. The van der Waals surface area contributed by atoms with E-state index in [4.69, 9.17) is 15.7 Å². The fourth-order valence-electron chi connectivity index (χ4n) is 3.37. The standard InChI is InChI=1S/C21H26N8O3/c1-14(6-9-23)29-12-15(11-26-29)18-16-7-10-28(19(16)25-13-24-18)21(31)27-17(20(30)32-2)5-3-4-8-22/h7,10-14,17H,3-6,8,22H2,1-2H3,(H,27,31)/t14-,17-/m0/s1. The zero-order valence-corrected chi connectivity index (χ0v) is 18.1. The molecule has 0 aromatic carbocycles. The van der Waals surface area contributed by atoms with Gasteiger partial charge < -0.3 is 15.8 Å². The number of amides is 1. The first kappa shape index (κ1) is 22.9. The average Bonchev–Trinajstić information content (AvgIpc) is 3.45. The number of rotatable bonds is 9. The Bertz CT molecular complexity index is 1130. The molecule has 0 aliphatic carbocycles. The lowest BCUT2D eigenvalue weighted by molar-refractivity contribution is -0.143. The molecule has 3 aromatic rings. The van der Waals surface area contributed by atoms with Gasteiger partial charge >= 0.3 is 12.0 Å². The molecule has 0 unspecified atom stereocenters. The molecule has 0 radical (unpaired) electrons. The topological polar surface area (TPSA) is 154 Å². The van der Waals surface area contributed by atoms with Crippen LogP contribution in [0.5, 0.6) is 0 Å². The number of aromatic nitrogens is 5. The maximum Gasteiger partial charge on any atom is 0.328 e. The van der Waals surface area contributed by atoms with Crippen LogP contribution in [-0.2, 0) is 9.53 Å². The molecule has 0 saturated heterocycles. The monoisotopic (exact) mass is 438 g/mol. The van der Waals surface area contributed by atoms with Gasteiger partial charge in [0.15, 0.2) is 5.65 Å². The number of carbonyl (C=O) groups excluding carboxylic acids is 2. The quantitative estimate of drug-likeness (QED) is 0.380. The Hall–Kier alpha value is -3.78. The van der Waals surface area contributed by atoms with Crippen LogP contribution < -0.4 is 11.1 Å². The molecule has 168 valence electrons. The molecule has 3 heterocycles. The summed E-state index contributed by atoms with van der Waals surface area (Å²) in [6, 6.07) is 2.52. The molecule has 3 aromatic heterocycles. The molecule has 11 nitrogen and oxygen atoms in total. The van der Waals surface area contributed by atoms with Gasteiger partial charge in [0.1, 0.15) is 12.4 Å². The number of nitrogens with zero attached hydrogens (tertiary/aromatic N) is 6. The van der Waals surface area contributed by atoms with Crippen molar-refractivity contribution in [3.63, 3.8) is 0 Å². The third-order valence-corrected chi connectivity index (χ3v) is 5.14. The van der Waals surface area contributed by atoms with E-state index >= 15 is 0 Å². The summed E-state index contributed by atoms with van der Waals surface area (Å²) in [6.45, 7) is 2.41. The summed E-state index contributed by atoms with van der Waals surface area (Å²) >= 11 is 0. The van der Waals surface area contributed by atoms with Gasteiger partial charge in [0.2, 0.25) is 0 Å². The van der Waals surface area contributed by atoms with E-state index in [1.165, 1.54) is 18.0 Å². The van der Waals surface area contributed by atoms with Crippen LogP contribution in [0.4, 0.5) is 4.79 Å². The summed E-state index contributed by atoms with van der Waals surface area (Å²) in [5, 5.41) is 16.6. The first-order valence-electron chi connectivity index (χ1n) is 10.3. The van der Waals surface area contributed by atoms with Gasteiger partial charge in [-0.2, -0.15) is 10.4 Å². The molecule has 32 heavy (non-hydrogen) atoms. The molecule has 3 rings (SSSR count). The fourth-order valence-corrected chi connectivity index (χ4v) is 3.37. The van der Waals surface area contributed by atoms with E-state index in [1.54, 1.807) is 23.1 Å². The third kappa shape index (κ3) is 4.92. The molecule has 2 atom stereocenters. The van der Waals surface area contributed by atoms with E-state index in [2.05, 4.69) is 26.5 Å². The first-order chi connectivity index (χ1) is 15.5. The molecule has 0 bridgehead atoms. The Kier molecular flexibility index (Phi) is 7.51. The molecule has 1 amide bonds. The minimum absolute atomic E-state index is 0.0732. The largest absolute Gasteiger partial charge is 0.467 e. The molecule has 0 aliphatic rings.